The minimum absolute atomic E-state index is 0.792. The number of rotatable bonds is 5. The average molecular weight is 455 g/mol. The summed E-state index contributed by atoms with van der Waals surface area (Å²) >= 11 is 1.92. The molecule has 0 amide bonds. The molecule has 4 nitrogen and oxygen atoms in total. The summed E-state index contributed by atoms with van der Waals surface area (Å²) in [6.45, 7) is 5.21. The Bertz CT molecular complexity index is 1230. The zero-order valence-electron chi connectivity index (χ0n) is 19.0. The monoisotopic (exact) mass is 454 g/mol. The summed E-state index contributed by atoms with van der Waals surface area (Å²) < 4.78 is 0. The lowest BCUT2D eigenvalue weighted by atomic mass is 9.96. The number of aromatic nitrogens is 2. The van der Waals surface area contributed by atoms with Crippen molar-refractivity contribution in [1.82, 2.24) is 14.9 Å². The molecule has 5 heteroatoms. The van der Waals surface area contributed by atoms with E-state index in [0.29, 0.717) is 0 Å². The number of benzene rings is 2. The first-order valence-electron chi connectivity index (χ1n) is 12.2. The predicted octanol–water partition coefficient (Wildman–Crippen LogP) is 5.48. The highest BCUT2D eigenvalue weighted by atomic mass is 32.1. The first-order valence-corrected chi connectivity index (χ1v) is 13.0. The Morgan fingerprint density at radius 2 is 1.45 bits per heavy atom. The van der Waals surface area contributed by atoms with Crippen molar-refractivity contribution in [2.24, 2.45) is 0 Å². The van der Waals surface area contributed by atoms with Gasteiger partial charge in [-0.25, -0.2) is 9.97 Å². The van der Waals surface area contributed by atoms with Gasteiger partial charge >= 0.3 is 0 Å². The molecular weight excluding hydrogens is 424 g/mol. The van der Waals surface area contributed by atoms with Gasteiger partial charge in [-0.1, -0.05) is 60.7 Å². The highest BCUT2D eigenvalue weighted by Crippen LogP contribution is 2.40. The summed E-state index contributed by atoms with van der Waals surface area (Å²) in [7, 11) is 0. The number of thiophene rings is 1. The van der Waals surface area contributed by atoms with E-state index in [-0.39, 0.29) is 0 Å². The molecule has 0 bridgehead atoms. The van der Waals surface area contributed by atoms with Crippen LogP contribution in [0.25, 0.3) is 10.2 Å². The first kappa shape index (κ1) is 20.8. The van der Waals surface area contributed by atoms with Crippen molar-refractivity contribution in [2.45, 2.75) is 38.6 Å². The fraction of sp³-hybridized carbons (Fsp3) is 0.357. The van der Waals surface area contributed by atoms with Gasteiger partial charge in [0.2, 0.25) is 0 Å². The Morgan fingerprint density at radius 1 is 0.758 bits per heavy atom. The number of fused-ring (bicyclic) bond motifs is 3. The molecule has 1 fully saturated rings. The quantitative estimate of drug-likeness (QED) is 0.400. The van der Waals surface area contributed by atoms with Gasteiger partial charge in [-0.3, -0.25) is 4.90 Å². The highest BCUT2D eigenvalue weighted by Gasteiger charge is 2.26. The van der Waals surface area contributed by atoms with Gasteiger partial charge in [-0.15, -0.1) is 11.3 Å². The first-order chi connectivity index (χ1) is 16.3. The number of hydrogen-bond acceptors (Lipinski definition) is 5. The van der Waals surface area contributed by atoms with Crippen molar-refractivity contribution in [3.05, 3.63) is 88.1 Å². The van der Waals surface area contributed by atoms with E-state index < -0.39 is 0 Å². The molecule has 2 aliphatic rings. The van der Waals surface area contributed by atoms with Gasteiger partial charge in [0.25, 0.3) is 0 Å². The maximum atomic E-state index is 5.21. The van der Waals surface area contributed by atoms with Gasteiger partial charge < -0.3 is 4.90 Å². The third kappa shape index (κ3) is 4.40. The topological polar surface area (TPSA) is 32.3 Å². The number of nitrogens with zero attached hydrogens (tertiary/aromatic N) is 4. The summed E-state index contributed by atoms with van der Waals surface area (Å²) in [6, 6.07) is 21.5. The van der Waals surface area contributed by atoms with E-state index in [9.17, 15) is 0 Å². The van der Waals surface area contributed by atoms with Crippen molar-refractivity contribution in [3.8, 4) is 0 Å². The third-order valence-electron chi connectivity index (χ3n) is 6.97. The van der Waals surface area contributed by atoms with Gasteiger partial charge in [-0.2, -0.15) is 0 Å². The van der Waals surface area contributed by atoms with Crippen molar-refractivity contribution >= 4 is 27.4 Å². The molecule has 0 radical (unpaired) electrons. The molecule has 2 aromatic carbocycles. The molecule has 4 aromatic rings. The summed E-state index contributed by atoms with van der Waals surface area (Å²) in [5, 5.41) is 1.35. The Morgan fingerprint density at radius 3 is 2.21 bits per heavy atom. The van der Waals surface area contributed by atoms with E-state index >= 15 is 0 Å². The maximum Gasteiger partial charge on any atom is 0.141 e. The third-order valence-corrected chi connectivity index (χ3v) is 8.15. The molecule has 1 aliphatic carbocycles. The SMILES string of the molecule is c1ccc(Cc2nc(N3CCN(Cc4ccccc4)CC3)c3c4c(sc3n2)CCCC4)cc1. The molecule has 1 aliphatic heterocycles. The minimum Gasteiger partial charge on any atom is -0.353 e. The zero-order chi connectivity index (χ0) is 22.0. The molecule has 0 unspecified atom stereocenters. The van der Waals surface area contributed by atoms with Gasteiger partial charge in [0, 0.05) is 44.0 Å². The Kier molecular flexibility index (Phi) is 5.83. The van der Waals surface area contributed by atoms with Crippen LogP contribution in [0.15, 0.2) is 60.7 Å². The normalized spacial score (nSPS) is 16.8. The maximum absolute atomic E-state index is 5.21. The fourth-order valence-corrected chi connectivity index (χ4v) is 6.50. The van der Waals surface area contributed by atoms with Crippen molar-refractivity contribution in [3.63, 3.8) is 0 Å². The Hall–Kier alpha value is -2.76. The fourth-order valence-electron chi connectivity index (χ4n) is 5.23. The van der Waals surface area contributed by atoms with E-state index in [1.54, 1.807) is 4.88 Å². The summed E-state index contributed by atoms with van der Waals surface area (Å²) in [4.78, 5) is 18.1. The van der Waals surface area contributed by atoms with E-state index in [1.165, 1.54) is 58.4 Å². The standard InChI is InChI=1S/C28H30N4S/c1-3-9-21(10-4-1)19-25-29-27(26-23-13-7-8-14-24(23)33-28(26)30-25)32-17-15-31(16-18-32)20-22-11-5-2-6-12-22/h1-6,9-12H,7-8,13-20H2. The molecular formula is C28H30N4S. The summed E-state index contributed by atoms with van der Waals surface area (Å²) in [5.74, 6) is 2.14. The summed E-state index contributed by atoms with van der Waals surface area (Å²) in [6.07, 6.45) is 5.76. The van der Waals surface area contributed by atoms with Crippen LogP contribution in [0.2, 0.25) is 0 Å². The smallest absolute Gasteiger partial charge is 0.141 e. The molecule has 3 heterocycles. The lowest BCUT2D eigenvalue weighted by Crippen LogP contribution is -2.46. The van der Waals surface area contributed by atoms with Crippen molar-refractivity contribution < 1.29 is 0 Å². The van der Waals surface area contributed by atoms with E-state index in [2.05, 4.69) is 70.5 Å². The largest absolute Gasteiger partial charge is 0.353 e. The molecule has 168 valence electrons. The molecule has 2 aromatic heterocycles. The van der Waals surface area contributed by atoms with Crippen LogP contribution >= 0.6 is 11.3 Å². The number of aryl methyl sites for hydroxylation is 2. The summed E-state index contributed by atoms with van der Waals surface area (Å²) in [5.41, 5.74) is 4.21. The average Bonchev–Trinajstić information content (AvgIpc) is 3.24. The van der Waals surface area contributed by atoms with Crippen molar-refractivity contribution in [1.29, 1.82) is 0 Å². The van der Waals surface area contributed by atoms with Crippen LogP contribution in [-0.2, 0) is 25.8 Å². The lowest BCUT2D eigenvalue weighted by Gasteiger charge is -2.36. The molecule has 33 heavy (non-hydrogen) atoms. The molecule has 0 saturated carbocycles. The minimum atomic E-state index is 0.792. The van der Waals surface area contributed by atoms with Crippen LogP contribution in [0.5, 0.6) is 0 Å². The number of anilines is 1. The van der Waals surface area contributed by atoms with E-state index in [4.69, 9.17) is 9.97 Å². The molecule has 0 spiro atoms. The predicted molar refractivity (Wildman–Crippen MR) is 137 cm³/mol. The Labute approximate surface area is 199 Å². The second kappa shape index (κ2) is 9.24. The van der Waals surface area contributed by atoms with Crippen LogP contribution < -0.4 is 4.90 Å². The Balaban J connectivity index is 1.30. The van der Waals surface area contributed by atoms with Crippen LogP contribution in [0.1, 0.15) is 40.2 Å². The van der Waals surface area contributed by atoms with Gasteiger partial charge in [0.1, 0.15) is 16.5 Å². The van der Waals surface area contributed by atoms with Crippen molar-refractivity contribution in [2.75, 3.05) is 31.1 Å². The van der Waals surface area contributed by atoms with Crippen LogP contribution in [0.4, 0.5) is 5.82 Å². The van der Waals surface area contributed by atoms with Gasteiger partial charge in [0.05, 0.1) is 5.39 Å². The van der Waals surface area contributed by atoms with Crippen LogP contribution in [0, 0.1) is 0 Å². The van der Waals surface area contributed by atoms with Gasteiger partial charge in [-0.05, 0) is 42.4 Å². The highest BCUT2D eigenvalue weighted by molar-refractivity contribution is 7.19. The second-order valence-electron chi connectivity index (χ2n) is 9.27. The second-order valence-corrected chi connectivity index (χ2v) is 10.3. The van der Waals surface area contributed by atoms with E-state index in [1.807, 2.05) is 11.3 Å². The molecule has 0 N–H and O–H groups in total. The molecule has 0 atom stereocenters. The number of piperazine rings is 1. The van der Waals surface area contributed by atoms with E-state index in [0.717, 1.165) is 45.0 Å². The van der Waals surface area contributed by atoms with Crippen LogP contribution in [0.3, 0.4) is 0 Å². The number of hydrogen-bond donors (Lipinski definition) is 0. The molecule has 6 rings (SSSR count). The lowest BCUT2D eigenvalue weighted by molar-refractivity contribution is 0.249. The zero-order valence-corrected chi connectivity index (χ0v) is 19.9. The van der Waals surface area contributed by atoms with Gasteiger partial charge in [0.15, 0.2) is 0 Å². The molecule has 1 saturated heterocycles. The van der Waals surface area contributed by atoms with Crippen LogP contribution in [-0.4, -0.2) is 41.0 Å².